The molecule has 2 heterocycles. The van der Waals surface area contributed by atoms with E-state index >= 15 is 0 Å². The van der Waals surface area contributed by atoms with Gasteiger partial charge in [-0.1, -0.05) is 48.0 Å². The van der Waals surface area contributed by atoms with E-state index in [1.807, 2.05) is 36.4 Å². The van der Waals surface area contributed by atoms with Crippen molar-refractivity contribution in [3.05, 3.63) is 65.2 Å². The van der Waals surface area contributed by atoms with Crippen molar-refractivity contribution in [1.82, 2.24) is 4.98 Å². The number of fused-ring (bicyclic) bond motifs is 1. The molecule has 1 aliphatic rings. The fourth-order valence-electron chi connectivity index (χ4n) is 2.93. The van der Waals surface area contributed by atoms with E-state index in [2.05, 4.69) is 4.98 Å². The second kappa shape index (κ2) is 6.77. The highest BCUT2D eigenvalue weighted by Crippen LogP contribution is 2.30. The second-order valence-corrected chi connectivity index (χ2v) is 6.31. The summed E-state index contributed by atoms with van der Waals surface area (Å²) in [4.78, 5) is 29.0. The van der Waals surface area contributed by atoms with Gasteiger partial charge >= 0.3 is 11.9 Å². The first-order valence-electron chi connectivity index (χ1n) is 8.16. The van der Waals surface area contributed by atoms with E-state index in [1.165, 1.54) is 0 Å². The zero-order valence-electron chi connectivity index (χ0n) is 13.6. The molecule has 5 nitrogen and oxygen atoms in total. The predicted molar refractivity (Wildman–Crippen MR) is 97.0 cm³/mol. The van der Waals surface area contributed by atoms with Crippen LogP contribution in [0.15, 0.2) is 54.6 Å². The minimum atomic E-state index is -0.863. The van der Waals surface area contributed by atoms with Crippen LogP contribution in [-0.2, 0) is 14.3 Å². The molecule has 0 N–H and O–H groups in total. The molecule has 0 saturated carbocycles. The van der Waals surface area contributed by atoms with Crippen LogP contribution < -0.4 is 0 Å². The summed E-state index contributed by atoms with van der Waals surface area (Å²) in [6.45, 7) is 0.263. The molecule has 2 aromatic carbocycles. The first-order chi connectivity index (χ1) is 12.6. The van der Waals surface area contributed by atoms with Gasteiger partial charge in [-0.25, -0.2) is 14.6 Å². The maximum atomic E-state index is 12.7. The molecule has 130 valence electrons. The van der Waals surface area contributed by atoms with E-state index in [1.54, 1.807) is 18.2 Å². The molecule has 1 saturated heterocycles. The van der Waals surface area contributed by atoms with E-state index in [0.717, 1.165) is 0 Å². The third-order valence-electron chi connectivity index (χ3n) is 4.22. The monoisotopic (exact) mass is 367 g/mol. The lowest BCUT2D eigenvalue weighted by atomic mass is 10.0. The van der Waals surface area contributed by atoms with Crippen LogP contribution in [0, 0.1) is 0 Å². The Morgan fingerprint density at radius 1 is 1.15 bits per heavy atom. The molecule has 1 aromatic heterocycles. The number of aromatic nitrogens is 1. The molecule has 26 heavy (non-hydrogen) atoms. The van der Waals surface area contributed by atoms with Gasteiger partial charge in [0.1, 0.15) is 0 Å². The van der Waals surface area contributed by atoms with Gasteiger partial charge in [-0.05, 0) is 18.2 Å². The van der Waals surface area contributed by atoms with Crippen molar-refractivity contribution in [1.29, 1.82) is 0 Å². The van der Waals surface area contributed by atoms with Gasteiger partial charge in [0.15, 0.2) is 0 Å². The number of ether oxygens (including phenoxy) is 2. The molecule has 0 spiro atoms. The van der Waals surface area contributed by atoms with E-state index < -0.39 is 18.0 Å². The quantitative estimate of drug-likeness (QED) is 0.654. The molecule has 1 fully saturated rings. The summed E-state index contributed by atoms with van der Waals surface area (Å²) >= 11 is 6.28. The van der Waals surface area contributed by atoms with Gasteiger partial charge in [0.2, 0.25) is 6.10 Å². The fraction of sp³-hybridized carbons (Fsp3) is 0.150. The number of hydrogen-bond donors (Lipinski definition) is 0. The Morgan fingerprint density at radius 2 is 1.92 bits per heavy atom. The number of para-hydroxylation sites is 1. The first kappa shape index (κ1) is 16.5. The van der Waals surface area contributed by atoms with Crippen molar-refractivity contribution in [3.63, 3.8) is 0 Å². The minimum absolute atomic E-state index is 0.263. The molecule has 0 aliphatic carbocycles. The van der Waals surface area contributed by atoms with Crippen LogP contribution in [-0.4, -0.2) is 29.6 Å². The summed E-state index contributed by atoms with van der Waals surface area (Å²) in [5.74, 6) is -1.09. The number of esters is 2. The topological polar surface area (TPSA) is 65.5 Å². The molecule has 1 atom stereocenters. The van der Waals surface area contributed by atoms with Crippen molar-refractivity contribution in [2.24, 2.45) is 0 Å². The number of carbonyl (C=O) groups is 2. The fourth-order valence-corrected chi connectivity index (χ4v) is 3.16. The van der Waals surface area contributed by atoms with Crippen LogP contribution in [0.25, 0.3) is 22.2 Å². The number of halogens is 1. The second-order valence-electron chi connectivity index (χ2n) is 5.90. The highest BCUT2D eigenvalue weighted by atomic mass is 35.5. The van der Waals surface area contributed by atoms with Crippen LogP contribution in [0.2, 0.25) is 5.02 Å². The summed E-state index contributed by atoms with van der Waals surface area (Å²) < 4.78 is 10.2. The number of rotatable bonds is 3. The van der Waals surface area contributed by atoms with Gasteiger partial charge in [0, 0.05) is 22.4 Å². The van der Waals surface area contributed by atoms with Crippen molar-refractivity contribution >= 4 is 34.4 Å². The standard InChI is InChI=1S/C20H14ClNO4/c21-15-7-3-1-6-13(15)17-11-14(12-5-2-4-8-16(12)22-17)19(23)26-18-9-10-25-20(18)24/h1-8,11,18H,9-10H2. The normalized spacial score (nSPS) is 16.5. The van der Waals surface area contributed by atoms with Crippen LogP contribution >= 0.6 is 11.6 Å². The number of benzene rings is 2. The molecule has 1 unspecified atom stereocenters. The average molecular weight is 368 g/mol. The van der Waals surface area contributed by atoms with Gasteiger partial charge in [-0.15, -0.1) is 0 Å². The van der Waals surface area contributed by atoms with Crippen molar-refractivity contribution in [2.45, 2.75) is 12.5 Å². The summed E-state index contributed by atoms with van der Waals surface area (Å²) in [6, 6.07) is 16.2. The van der Waals surface area contributed by atoms with Gasteiger partial charge < -0.3 is 9.47 Å². The number of nitrogens with zero attached hydrogens (tertiary/aromatic N) is 1. The molecule has 0 amide bonds. The van der Waals surface area contributed by atoms with Crippen LogP contribution in [0.5, 0.6) is 0 Å². The summed E-state index contributed by atoms with van der Waals surface area (Å²) in [5.41, 5.74) is 2.26. The molecule has 4 rings (SSSR count). The van der Waals surface area contributed by atoms with Crippen LogP contribution in [0.3, 0.4) is 0 Å². The Bertz CT molecular complexity index is 1020. The predicted octanol–water partition coefficient (Wildman–Crippen LogP) is 4.03. The zero-order valence-corrected chi connectivity index (χ0v) is 14.4. The molecule has 3 aromatic rings. The third kappa shape index (κ3) is 3.02. The van der Waals surface area contributed by atoms with Gasteiger partial charge in [-0.3, -0.25) is 0 Å². The lowest BCUT2D eigenvalue weighted by Gasteiger charge is -2.12. The Balaban J connectivity index is 1.81. The number of hydrogen-bond acceptors (Lipinski definition) is 5. The number of carbonyl (C=O) groups excluding carboxylic acids is 2. The average Bonchev–Trinajstić information content (AvgIpc) is 3.06. The number of pyridine rings is 1. The Morgan fingerprint density at radius 3 is 2.69 bits per heavy atom. The molecule has 0 bridgehead atoms. The van der Waals surface area contributed by atoms with Gasteiger partial charge in [-0.2, -0.15) is 0 Å². The van der Waals surface area contributed by atoms with Crippen LogP contribution in [0.1, 0.15) is 16.8 Å². The van der Waals surface area contributed by atoms with Crippen molar-refractivity contribution in [3.8, 4) is 11.3 Å². The highest BCUT2D eigenvalue weighted by Gasteiger charge is 2.31. The van der Waals surface area contributed by atoms with Gasteiger partial charge in [0.05, 0.1) is 23.4 Å². The Hall–Kier alpha value is -2.92. The summed E-state index contributed by atoms with van der Waals surface area (Å²) in [6.07, 6.45) is -0.497. The largest absolute Gasteiger partial charge is 0.463 e. The highest BCUT2D eigenvalue weighted by molar-refractivity contribution is 6.33. The minimum Gasteiger partial charge on any atom is -0.463 e. The number of cyclic esters (lactones) is 1. The Kier molecular flexibility index (Phi) is 4.31. The third-order valence-corrected chi connectivity index (χ3v) is 4.55. The van der Waals surface area contributed by atoms with E-state index in [0.29, 0.717) is 39.2 Å². The molecule has 1 aliphatic heterocycles. The van der Waals surface area contributed by atoms with Crippen molar-refractivity contribution < 1.29 is 19.1 Å². The summed E-state index contributed by atoms with van der Waals surface area (Å²) in [5, 5.41) is 1.19. The molecule has 6 heteroatoms. The lowest BCUT2D eigenvalue weighted by Crippen LogP contribution is -2.23. The maximum absolute atomic E-state index is 12.7. The first-order valence-corrected chi connectivity index (χ1v) is 8.53. The summed E-state index contributed by atoms with van der Waals surface area (Å²) in [7, 11) is 0. The lowest BCUT2D eigenvalue weighted by molar-refractivity contribution is -0.145. The zero-order chi connectivity index (χ0) is 18.1. The molecular formula is C20H14ClNO4. The molecule has 0 radical (unpaired) electrons. The molecular weight excluding hydrogens is 354 g/mol. The van der Waals surface area contributed by atoms with Crippen LogP contribution in [0.4, 0.5) is 0 Å². The van der Waals surface area contributed by atoms with E-state index in [9.17, 15) is 9.59 Å². The van der Waals surface area contributed by atoms with E-state index in [-0.39, 0.29) is 6.61 Å². The maximum Gasteiger partial charge on any atom is 0.347 e. The smallest absolute Gasteiger partial charge is 0.347 e. The van der Waals surface area contributed by atoms with E-state index in [4.69, 9.17) is 21.1 Å². The van der Waals surface area contributed by atoms with Gasteiger partial charge in [0.25, 0.3) is 0 Å². The SMILES string of the molecule is O=C(OC1CCOC1=O)c1cc(-c2ccccc2Cl)nc2ccccc12. The Labute approximate surface area is 154 Å². The van der Waals surface area contributed by atoms with Crippen molar-refractivity contribution in [2.75, 3.05) is 6.61 Å².